The first kappa shape index (κ1) is 17.2. The first-order valence-electron chi connectivity index (χ1n) is 7.54. The summed E-state index contributed by atoms with van der Waals surface area (Å²) >= 11 is 0. The van der Waals surface area contributed by atoms with Crippen molar-refractivity contribution in [2.75, 3.05) is 6.61 Å². The van der Waals surface area contributed by atoms with Crippen LogP contribution < -0.4 is 5.32 Å². The highest BCUT2D eigenvalue weighted by Crippen LogP contribution is 2.07. The zero-order valence-corrected chi connectivity index (χ0v) is 12.9. The van der Waals surface area contributed by atoms with Crippen LogP contribution >= 0.6 is 0 Å². The van der Waals surface area contributed by atoms with Crippen molar-refractivity contribution < 1.29 is 9.90 Å². The smallest absolute Gasteiger partial charge is 0.271 e. The average Bonchev–Trinajstić information content (AvgIpc) is 2.48. The lowest BCUT2D eigenvalue weighted by atomic mass is 10.1. The molecule has 1 rings (SSSR count). The summed E-state index contributed by atoms with van der Waals surface area (Å²) in [5, 5.41) is 11.7. The molecule has 0 bridgehead atoms. The summed E-state index contributed by atoms with van der Waals surface area (Å²) in [4.78, 5) is 16.4. The highest BCUT2D eigenvalue weighted by atomic mass is 16.2. The second-order valence-corrected chi connectivity index (χ2v) is 5.05. The zero-order valence-electron chi connectivity index (χ0n) is 12.9. The van der Waals surface area contributed by atoms with Crippen LogP contribution in [0, 0.1) is 11.8 Å². The van der Waals surface area contributed by atoms with Gasteiger partial charge in [0.05, 0.1) is 12.2 Å². The highest BCUT2D eigenvalue weighted by molar-refractivity contribution is 5.94. The number of aliphatic hydroxyl groups is 1. The number of aromatic nitrogens is 1. The number of hydrogen-bond acceptors (Lipinski definition) is 3. The number of rotatable bonds is 7. The first-order chi connectivity index (χ1) is 10.2. The SMILES string of the molecule is CCCCCC(C)NC(=O)c1ncccc1C#CCCO. The van der Waals surface area contributed by atoms with Crippen molar-refractivity contribution in [3.63, 3.8) is 0 Å². The molecule has 0 saturated carbocycles. The molecule has 1 heterocycles. The van der Waals surface area contributed by atoms with Gasteiger partial charge in [0.15, 0.2) is 0 Å². The van der Waals surface area contributed by atoms with Gasteiger partial charge < -0.3 is 10.4 Å². The van der Waals surface area contributed by atoms with Crippen LogP contribution in [0.1, 0.15) is 62.0 Å². The molecule has 0 saturated heterocycles. The Bertz CT molecular complexity index is 503. The van der Waals surface area contributed by atoms with E-state index in [4.69, 9.17) is 5.11 Å². The van der Waals surface area contributed by atoms with Gasteiger partial charge in [-0.2, -0.15) is 0 Å². The summed E-state index contributed by atoms with van der Waals surface area (Å²) in [5.41, 5.74) is 0.953. The van der Waals surface area contributed by atoms with E-state index in [9.17, 15) is 4.79 Å². The van der Waals surface area contributed by atoms with E-state index in [1.807, 2.05) is 6.92 Å². The standard InChI is InChI=1S/C17H24N2O2/c1-3-4-5-9-14(2)19-17(21)16-15(10-6-7-13-20)11-8-12-18-16/h8,11-12,14,20H,3-5,7,9,13H2,1-2H3,(H,19,21). The van der Waals surface area contributed by atoms with Crippen molar-refractivity contribution in [1.82, 2.24) is 10.3 Å². The molecule has 0 aliphatic carbocycles. The summed E-state index contributed by atoms with van der Waals surface area (Å²) in [6.07, 6.45) is 6.42. The lowest BCUT2D eigenvalue weighted by molar-refractivity contribution is 0.0932. The number of nitrogens with zero attached hydrogens (tertiary/aromatic N) is 1. The molecule has 0 fully saturated rings. The Morgan fingerprint density at radius 1 is 1.48 bits per heavy atom. The molecule has 0 aliphatic rings. The third-order valence-electron chi connectivity index (χ3n) is 3.10. The van der Waals surface area contributed by atoms with Crippen molar-refractivity contribution in [2.24, 2.45) is 0 Å². The summed E-state index contributed by atoms with van der Waals surface area (Å²) < 4.78 is 0. The molecular formula is C17H24N2O2. The largest absolute Gasteiger partial charge is 0.395 e. The number of unbranched alkanes of at least 4 members (excludes halogenated alkanes) is 2. The Hall–Kier alpha value is -1.86. The molecule has 4 nitrogen and oxygen atoms in total. The monoisotopic (exact) mass is 288 g/mol. The summed E-state index contributed by atoms with van der Waals surface area (Å²) in [6, 6.07) is 3.66. The summed E-state index contributed by atoms with van der Waals surface area (Å²) in [7, 11) is 0. The van der Waals surface area contributed by atoms with Crippen LogP contribution in [-0.4, -0.2) is 28.6 Å². The van der Waals surface area contributed by atoms with Crippen molar-refractivity contribution in [3.8, 4) is 11.8 Å². The molecule has 114 valence electrons. The van der Waals surface area contributed by atoms with Crippen LogP contribution in [0.15, 0.2) is 18.3 Å². The van der Waals surface area contributed by atoms with Gasteiger partial charge >= 0.3 is 0 Å². The molecule has 1 unspecified atom stereocenters. The fourth-order valence-electron chi connectivity index (χ4n) is 1.97. The third kappa shape index (κ3) is 6.42. The minimum absolute atomic E-state index is 0.0171. The maximum atomic E-state index is 12.3. The number of carbonyl (C=O) groups excluding carboxylic acids is 1. The molecule has 1 aromatic heterocycles. The normalized spacial score (nSPS) is 11.4. The van der Waals surface area contributed by atoms with Crippen LogP contribution in [0.25, 0.3) is 0 Å². The number of amides is 1. The van der Waals surface area contributed by atoms with E-state index >= 15 is 0 Å². The number of pyridine rings is 1. The molecule has 1 aromatic rings. The summed E-state index contributed by atoms with van der Waals surface area (Å²) in [6.45, 7) is 4.19. The van der Waals surface area contributed by atoms with E-state index in [-0.39, 0.29) is 18.6 Å². The second kappa shape index (κ2) is 9.95. The Morgan fingerprint density at radius 3 is 3.00 bits per heavy atom. The van der Waals surface area contributed by atoms with Crippen LogP contribution in [-0.2, 0) is 0 Å². The van der Waals surface area contributed by atoms with Gasteiger partial charge in [0.25, 0.3) is 5.91 Å². The summed E-state index contributed by atoms with van der Waals surface area (Å²) in [5.74, 6) is 5.52. The topological polar surface area (TPSA) is 62.2 Å². The van der Waals surface area contributed by atoms with Crippen LogP contribution in [0.3, 0.4) is 0 Å². The quantitative estimate of drug-likeness (QED) is 0.598. The van der Waals surface area contributed by atoms with Crippen LogP contribution in [0.5, 0.6) is 0 Å². The van der Waals surface area contributed by atoms with E-state index in [2.05, 4.69) is 29.1 Å². The van der Waals surface area contributed by atoms with Gasteiger partial charge in [-0.3, -0.25) is 4.79 Å². The molecular weight excluding hydrogens is 264 g/mol. The Kier molecular flexibility index (Phi) is 8.15. The first-order valence-corrected chi connectivity index (χ1v) is 7.54. The highest BCUT2D eigenvalue weighted by Gasteiger charge is 2.13. The maximum absolute atomic E-state index is 12.3. The number of carbonyl (C=O) groups is 1. The molecule has 1 amide bonds. The number of hydrogen-bond donors (Lipinski definition) is 2. The van der Waals surface area contributed by atoms with Crippen molar-refractivity contribution in [2.45, 2.75) is 52.0 Å². The van der Waals surface area contributed by atoms with E-state index in [1.54, 1.807) is 18.3 Å². The van der Waals surface area contributed by atoms with Crippen molar-refractivity contribution >= 4 is 5.91 Å². The van der Waals surface area contributed by atoms with Crippen molar-refractivity contribution in [1.29, 1.82) is 0 Å². The minimum Gasteiger partial charge on any atom is -0.395 e. The molecule has 21 heavy (non-hydrogen) atoms. The second-order valence-electron chi connectivity index (χ2n) is 5.05. The predicted octanol–water partition coefficient (Wildman–Crippen LogP) is 2.51. The molecule has 0 radical (unpaired) electrons. The molecule has 0 aromatic carbocycles. The van der Waals surface area contributed by atoms with E-state index < -0.39 is 0 Å². The minimum atomic E-state index is -0.187. The Labute approximate surface area is 127 Å². The Balaban J connectivity index is 2.67. The van der Waals surface area contributed by atoms with Crippen molar-refractivity contribution in [3.05, 3.63) is 29.6 Å². The third-order valence-corrected chi connectivity index (χ3v) is 3.10. The van der Waals surface area contributed by atoms with Gasteiger partial charge in [-0.05, 0) is 25.5 Å². The van der Waals surface area contributed by atoms with E-state index in [0.29, 0.717) is 17.7 Å². The molecule has 2 N–H and O–H groups in total. The molecule has 4 heteroatoms. The van der Waals surface area contributed by atoms with Crippen LogP contribution in [0.2, 0.25) is 0 Å². The van der Waals surface area contributed by atoms with E-state index in [0.717, 1.165) is 12.8 Å². The lowest BCUT2D eigenvalue weighted by Crippen LogP contribution is -2.33. The fraction of sp³-hybridized carbons (Fsp3) is 0.529. The molecule has 0 spiro atoms. The van der Waals surface area contributed by atoms with Crippen LogP contribution in [0.4, 0.5) is 0 Å². The molecule has 0 aliphatic heterocycles. The van der Waals surface area contributed by atoms with Gasteiger partial charge in [-0.25, -0.2) is 4.98 Å². The van der Waals surface area contributed by atoms with Gasteiger partial charge in [0, 0.05) is 18.7 Å². The number of nitrogens with one attached hydrogen (secondary N) is 1. The lowest BCUT2D eigenvalue weighted by Gasteiger charge is -2.13. The van der Waals surface area contributed by atoms with Gasteiger partial charge in [-0.15, -0.1) is 0 Å². The average molecular weight is 288 g/mol. The van der Waals surface area contributed by atoms with Gasteiger partial charge in [-0.1, -0.05) is 38.0 Å². The predicted molar refractivity (Wildman–Crippen MR) is 83.9 cm³/mol. The molecule has 1 atom stereocenters. The zero-order chi connectivity index (χ0) is 15.5. The van der Waals surface area contributed by atoms with Gasteiger partial charge in [0.2, 0.25) is 0 Å². The maximum Gasteiger partial charge on any atom is 0.271 e. The Morgan fingerprint density at radius 2 is 2.29 bits per heavy atom. The number of aliphatic hydroxyl groups excluding tert-OH is 1. The van der Waals surface area contributed by atoms with Gasteiger partial charge in [0.1, 0.15) is 5.69 Å². The fourth-order valence-corrected chi connectivity index (χ4v) is 1.97. The van der Waals surface area contributed by atoms with E-state index in [1.165, 1.54) is 12.8 Å².